The summed E-state index contributed by atoms with van der Waals surface area (Å²) in [5, 5.41) is 12.2. The Hall–Kier alpha value is -1.39. The molecule has 1 amide bonds. The molecule has 0 spiro atoms. The van der Waals surface area contributed by atoms with Crippen LogP contribution < -0.4 is 11.1 Å². The fourth-order valence-corrected chi connectivity index (χ4v) is 1.36. The molecule has 1 rings (SSSR count). The standard InChI is InChI=1S/C13H20N2O2/c1-9(2)11(16)8-15-13(17)12(14)10-6-4-3-5-7-10/h3-7,9,11-12,16H,8,14H2,1-2H3,(H,15,17). The number of nitrogens with one attached hydrogen (secondary N) is 1. The number of carbonyl (C=O) groups is 1. The van der Waals surface area contributed by atoms with Crippen LogP contribution in [0.2, 0.25) is 0 Å². The van der Waals surface area contributed by atoms with Crippen LogP contribution in [0.1, 0.15) is 25.5 Å². The van der Waals surface area contributed by atoms with Crippen LogP contribution in [-0.2, 0) is 4.79 Å². The average Bonchev–Trinajstić information content (AvgIpc) is 2.35. The summed E-state index contributed by atoms with van der Waals surface area (Å²) in [7, 11) is 0. The zero-order valence-corrected chi connectivity index (χ0v) is 10.3. The Morgan fingerprint density at radius 3 is 2.47 bits per heavy atom. The molecule has 0 aliphatic heterocycles. The monoisotopic (exact) mass is 236 g/mol. The molecule has 94 valence electrons. The molecule has 1 aromatic carbocycles. The molecule has 0 fully saturated rings. The van der Waals surface area contributed by atoms with E-state index in [1.165, 1.54) is 0 Å². The van der Waals surface area contributed by atoms with E-state index in [2.05, 4.69) is 5.32 Å². The lowest BCUT2D eigenvalue weighted by molar-refractivity contribution is -0.123. The summed E-state index contributed by atoms with van der Waals surface area (Å²) >= 11 is 0. The van der Waals surface area contributed by atoms with Gasteiger partial charge in [-0.05, 0) is 11.5 Å². The molecule has 0 aromatic heterocycles. The SMILES string of the molecule is CC(C)C(O)CNC(=O)C(N)c1ccccc1. The van der Waals surface area contributed by atoms with Crippen molar-refractivity contribution in [2.24, 2.45) is 11.7 Å². The minimum atomic E-state index is -0.685. The number of nitrogens with two attached hydrogens (primary N) is 1. The van der Waals surface area contributed by atoms with Crippen LogP contribution in [0.3, 0.4) is 0 Å². The van der Waals surface area contributed by atoms with Crippen LogP contribution in [0.5, 0.6) is 0 Å². The van der Waals surface area contributed by atoms with Crippen LogP contribution in [0, 0.1) is 5.92 Å². The zero-order chi connectivity index (χ0) is 12.8. The maximum Gasteiger partial charge on any atom is 0.241 e. The molecule has 0 aliphatic rings. The van der Waals surface area contributed by atoms with Gasteiger partial charge in [-0.1, -0.05) is 44.2 Å². The van der Waals surface area contributed by atoms with Crippen molar-refractivity contribution in [2.45, 2.75) is 26.0 Å². The van der Waals surface area contributed by atoms with Crippen molar-refractivity contribution in [3.63, 3.8) is 0 Å². The molecule has 0 saturated carbocycles. The third kappa shape index (κ3) is 4.17. The maximum absolute atomic E-state index is 11.7. The molecule has 0 bridgehead atoms. The molecular weight excluding hydrogens is 216 g/mol. The molecule has 0 saturated heterocycles. The van der Waals surface area contributed by atoms with Crippen molar-refractivity contribution >= 4 is 5.91 Å². The molecule has 4 heteroatoms. The van der Waals surface area contributed by atoms with Gasteiger partial charge in [0.15, 0.2) is 0 Å². The number of hydrogen-bond donors (Lipinski definition) is 3. The second-order valence-electron chi connectivity index (χ2n) is 4.44. The Labute approximate surface area is 102 Å². The van der Waals surface area contributed by atoms with Crippen LogP contribution >= 0.6 is 0 Å². The smallest absolute Gasteiger partial charge is 0.241 e. The van der Waals surface area contributed by atoms with Gasteiger partial charge in [0.2, 0.25) is 5.91 Å². The third-order valence-electron chi connectivity index (χ3n) is 2.70. The number of amides is 1. The summed E-state index contributed by atoms with van der Waals surface area (Å²) in [4.78, 5) is 11.7. The van der Waals surface area contributed by atoms with E-state index in [1.807, 2.05) is 44.2 Å². The van der Waals surface area contributed by atoms with Gasteiger partial charge in [0.05, 0.1) is 6.10 Å². The van der Waals surface area contributed by atoms with Gasteiger partial charge in [0, 0.05) is 6.54 Å². The van der Waals surface area contributed by atoms with E-state index in [0.29, 0.717) is 0 Å². The van der Waals surface area contributed by atoms with Crippen molar-refractivity contribution in [2.75, 3.05) is 6.54 Å². The Morgan fingerprint density at radius 1 is 1.35 bits per heavy atom. The number of hydrogen-bond acceptors (Lipinski definition) is 3. The van der Waals surface area contributed by atoms with Gasteiger partial charge in [-0.2, -0.15) is 0 Å². The number of benzene rings is 1. The lowest BCUT2D eigenvalue weighted by Crippen LogP contribution is -2.39. The Kier molecular flexibility index (Phi) is 5.12. The Balaban J connectivity index is 2.48. The van der Waals surface area contributed by atoms with E-state index < -0.39 is 12.1 Å². The van der Waals surface area contributed by atoms with Gasteiger partial charge in [0.1, 0.15) is 6.04 Å². The van der Waals surface area contributed by atoms with Crippen molar-refractivity contribution in [3.05, 3.63) is 35.9 Å². The van der Waals surface area contributed by atoms with Crippen molar-refractivity contribution in [1.29, 1.82) is 0 Å². The Bertz CT molecular complexity index is 352. The van der Waals surface area contributed by atoms with E-state index >= 15 is 0 Å². The highest BCUT2D eigenvalue weighted by Gasteiger charge is 2.17. The predicted octanol–water partition coefficient (Wildman–Crippen LogP) is 0.819. The van der Waals surface area contributed by atoms with Crippen LogP contribution in [-0.4, -0.2) is 23.7 Å². The van der Waals surface area contributed by atoms with Crippen LogP contribution in [0.4, 0.5) is 0 Å². The van der Waals surface area contributed by atoms with Crippen molar-refractivity contribution < 1.29 is 9.90 Å². The minimum absolute atomic E-state index is 0.114. The predicted molar refractivity (Wildman–Crippen MR) is 67.2 cm³/mol. The van der Waals surface area contributed by atoms with E-state index in [0.717, 1.165) is 5.56 Å². The number of aliphatic hydroxyl groups is 1. The van der Waals surface area contributed by atoms with Gasteiger partial charge >= 0.3 is 0 Å². The quantitative estimate of drug-likeness (QED) is 0.708. The first kappa shape index (κ1) is 13.7. The largest absolute Gasteiger partial charge is 0.391 e. The van der Waals surface area contributed by atoms with Gasteiger partial charge in [-0.15, -0.1) is 0 Å². The molecule has 2 atom stereocenters. The number of aliphatic hydroxyl groups excluding tert-OH is 1. The minimum Gasteiger partial charge on any atom is -0.391 e. The number of carbonyl (C=O) groups excluding carboxylic acids is 1. The summed E-state index contributed by atoms with van der Waals surface area (Å²) in [6, 6.07) is 8.48. The fourth-order valence-electron chi connectivity index (χ4n) is 1.36. The van der Waals surface area contributed by atoms with Crippen LogP contribution in [0.25, 0.3) is 0 Å². The van der Waals surface area contributed by atoms with E-state index in [9.17, 15) is 9.90 Å². The highest BCUT2D eigenvalue weighted by molar-refractivity contribution is 5.82. The highest BCUT2D eigenvalue weighted by Crippen LogP contribution is 2.09. The van der Waals surface area contributed by atoms with Gasteiger partial charge < -0.3 is 16.2 Å². The average molecular weight is 236 g/mol. The molecule has 2 unspecified atom stereocenters. The topological polar surface area (TPSA) is 75.3 Å². The first-order valence-electron chi connectivity index (χ1n) is 5.78. The summed E-state index contributed by atoms with van der Waals surface area (Å²) in [5.74, 6) is -0.154. The molecule has 4 N–H and O–H groups in total. The zero-order valence-electron chi connectivity index (χ0n) is 10.3. The Morgan fingerprint density at radius 2 is 1.94 bits per heavy atom. The molecule has 0 radical (unpaired) electrons. The van der Waals surface area contributed by atoms with E-state index in [1.54, 1.807) is 0 Å². The third-order valence-corrected chi connectivity index (χ3v) is 2.70. The van der Waals surface area contributed by atoms with E-state index in [4.69, 9.17) is 5.73 Å². The molecule has 0 aliphatic carbocycles. The lowest BCUT2D eigenvalue weighted by atomic mass is 10.1. The summed E-state index contributed by atoms with van der Waals surface area (Å²) < 4.78 is 0. The van der Waals surface area contributed by atoms with Crippen molar-refractivity contribution in [3.8, 4) is 0 Å². The first-order chi connectivity index (χ1) is 8.02. The normalized spacial score (nSPS) is 14.4. The van der Waals surface area contributed by atoms with Crippen LogP contribution in [0.15, 0.2) is 30.3 Å². The van der Waals surface area contributed by atoms with Gasteiger partial charge in [0.25, 0.3) is 0 Å². The maximum atomic E-state index is 11.7. The van der Waals surface area contributed by atoms with Crippen molar-refractivity contribution in [1.82, 2.24) is 5.32 Å². The summed E-state index contributed by atoms with van der Waals surface area (Å²) in [6.07, 6.45) is -0.540. The molecule has 17 heavy (non-hydrogen) atoms. The highest BCUT2D eigenvalue weighted by atomic mass is 16.3. The molecular formula is C13H20N2O2. The second kappa shape index (κ2) is 6.37. The summed E-state index contributed by atoms with van der Waals surface area (Å²) in [5.41, 5.74) is 6.57. The second-order valence-corrected chi connectivity index (χ2v) is 4.44. The van der Waals surface area contributed by atoms with Gasteiger partial charge in [-0.25, -0.2) is 0 Å². The van der Waals surface area contributed by atoms with E-state index in [-0.39, 0.29) is 18.4 Å². The first-order valence-corrected chi connectivity index (χ1v) is 5.78. The lowest BCUT2D eigenvalue weighted by Gasteiger charge is -2.17. The molecule has 0 heterocycles. The fraction of sp³-hybridized carbons (Fsp3) is 0.462. The van der Waals surface area contributed by atoms with Gasteiger partial charge in [-0.3, -0.25) is 4.79 Å². The molecule has 1 aromatic rings. The number of rotatable bonds is 5. The summed E-state index contributed by atoms with van der Waals surface area (Å²) in [6.45, 7) is 4.03. The molecule has 4 nitrogen and oxygen atoms in total.